The van der Waals surface area contributed by atoms with Gasteiger partial charge in [-0.2, -0.15) is 4.31 Å². The van der Waals surface area contributed by atoms with Crippen molar-refractivity contribution in [3.8, 4) is 0 Å². The molecule has 0 bridgehead atoms. The summed E-state index contributed by atoms with van der Waals surface area (Å²) in [5, 5.41) is 3.00. The number of benzene rings is 2. The second-order valence-electron chi connectivity index (χ2n) is 6.47. The summed E-state index contributed by atoms with van der Waals surface area (Å²) in [6.07, 6.45) is 0. The van der Waals surface area contributed by atoms with Crippen LogP contribution in [0.25, 0.3) is 0 Å². The highest BCUT2D eigenvalue weighted by atomic mass is 35.5. The third-order valence-electron chi connectivity index (χ3n) is 4.43. The van der Waals surface area contributed by atoms with E-state index in [4.69, 9.17) is 11.6 Å². The van der Waals surface area contributed by atoms with E-state index in [1.165, 1.54) is 22.5 Å². The van der Waals surface area contributed by atoms with Gasteiger partial charge in [-0.05, 0) is 35.9 Å². The molecule has 0 heterocycles. The number of amides is 1. The number of hydrogen-bond donors (Lipinski definition) is 1. The molecule has 8 heteroatoms. The molecule has 28 heavy (non-hydrogen) atoms. The minimum absolute atomic E-state index is 0.0566. The van der Waals surface area contributed by atoms with Gasteiger partial charge in [0, 0.05) is 39.4 Å². The molecule has 0 spiro atoms. The molecule has 152 valence electrons. The van der Waals surface area contributed by atoms with Crippen molar-refractivity contribution in [2.45, 2.75) is 25.3 Å². The lowest BCUT2D eigenvalue weighted by atomic mass is 10.1. The second kappa shape index (κ2) is 9.41. The van der Waals surface area contributed by atoms with E-state index in [1.54, 1.807) is 13.8 Å². The van der Waals surface area contributed by atoms with Gasteiger partial charge >= 0.3 is 0 Å². The molecule has 0 aliphatic heterocycles. The van der Waals surface area contributed by atoms with Crippen molar-refractivity contribution in [1.82, 2.24) is 9.62 Å². The number of carbonyl (C=O) groups excluding carboxylic acids is 1. The van der Waals surface area contributed by atoms with Crippen LogP contribution in [0.4, 0.5) is 5.69 Å². The summed E-state index contributed by atoms with van der Waals surface area (Å²) >= 11 is 6.15. The number of rotatable bonds is 8. The lowest BCUT2D eigenvalue weighted by Gasteiger charge is -2.19. The lowest BCUT2D eigenvalue weighted by Crippen LogP contribution is -2.31. The van der Waals surface area contributed by atoms with E-state index in [-0.39, 0.29) is 15.5 Å². The minimum Gasteiger partial charge on any atom is -0.378 e. The van der Waals surface area contributed by atoms with Crippen LogP contribution in [0.15, 0.2) is 47.4 Å². The summed E-state index contributed by atoms with van der Waals surface area (Å²) in [5.74, 6) is -0.418. The van der Waals surface area contributed by atoms with E-state index in [0.717, 1.165) is 11.3 Å². The smallest absolute Gasteiger partial charge is 0.253 e. The zero-order chi connectivity index (χ0) is 20.9. The maximum absolute atomic E-state index is 12.7. The lowest BCUT2D eigenvalue weighted by molar-refractivity contribution is 0.0951. The number of nitrogens with zero attached hydrogens (tertiary/aromatic N) is 2. The Morgan fingerprint density at radius 3 is 2.18 bits per heavy atom. The number of anilines is 1. The first-order valence-electron chi connectivity index (χ1n) is 9.04. The summed E-state index contributed by atoms with van der Waals surface area (Å²) in [5.41, 5.74) is 2.13. The van der Waals surface area contributed by atoms with Crippen molar-refractivity contribution in [2.75, 3.05) is 32.1 Å². The molecule has 6 nitrogen and oxygen atoms in total. The summed E-state index contributed by atoms with van der Waals surface area (Å²) in [6.45, 7) is 4.56. The van der Waals surface area contributed by atoms with Crippen molar-refractivity contribution < 1.29 is 13.2 Å². The molecule has 0 aliphatic carbocycles. The number of sulfonamides is 1. The Bertz CT molecular complexity index is 924. The van der Waals surface area contributed by atoms with Crippen LogP contribution in [0.1, 0.15) is 29.8 Å². The number of hydrogen-bond acceptors (Lipinski definition) is 4. The first-order valence-corrected chi connectivity index (χ1v) is 10.9. The summed E-state index contributed by atoms with van der Waals surface area (Å²) in [7, 11) is 0.249. The molecule has 0 atom stereocenters. The van der Waals surface area contributed by atoms with E-state index in [2.05, 4.69) is 5.32 Å². The van der Waals surface area contributed by atoms with Crippen LogP contribution in [0.5, 0.6) is 0 Å². The van der Waals surface area contributed by atoms with Crippen molar-refractivity contribution in [3.63, 3.8) is 0 Å². The topological polar surface area (TPSA) is 69.7 Å². The normalized spacial score (nSPS) is 11.5. The standard InChI is InChI=1S/C20H26ClN3O3S/c1-5-24(6-2)28(26,27)17-11-12-19(21)18(13-17)20(25)22-14-15-7-9-16(10-8-15)23(3)4/h7-13H,5-6,14H2,1-4H3,(H,22,25). The molecule has 1 amide bonds. The Balaban J connectivity index is 2.19. The van der Waals surface area contributed by atoms with E-state index < -0.39 is 15.9 Å². The fourth-order valence-electron chi connectivity index (χ4n) is 2.74. The molecule has 0 saturated heterocycles. The van der Waals surface area contributed by atoms with Gasteiger partial charge in [-0.1, -0.05) is 37.6 Å². The van der Waals surface area contributed by atoms with Gasteiger partial charge in [0.25, 0.3) is 5.91 Å². The molecule has 2 rings (SSSR count). The van der Waals surface area contributed by atoms with Gasteiger partial charge in [0.1, 0.15) is 0 Å². The van der Waals surface area contributed by atoms with E-state index in [9.17, 15) is 13.2 Å². The SMILES string of the molecule is CCN(CC)S(=O)(=O)c1ccc(Cl)c(C(=O)NCc2ccc(N(C)C)cc2)c1. The van der Waals surface area contributed by atoms with Crippen molar-refractivity contribution in [3.05, 3.63) is 58.6 Å². The minimum atomic E-state index is -3.66. The van der Waals surface area contributed by atoms with Crippen LogP contribution in [0.3, 0.4) is 0 Å². The van der Waals surface area contributed by atoms with Crippen molar-refractivity contribution in [2.24, 2.45) is 0 Å². The second-order valence-corrected chi connectivity index (χ2v) is 8.82. The van der Waals surface area contributed by atoms with Gasteiger partial charge in [0.15, 0.2) is 0 Å². The average Bonchev–Trinajstić information content (AvgIpc) is 2.67. The Morgan fingerprint density at radius 1 is 1.04 bits per heavy atom. The molecule has 0 aliphatic rings. The van der Waals surface area contributed by atoms with Gasteiger partial charge in [0.05, 0.1) is 15.5 Å². The van der Waals surface area contributed by atoms with Gasteiger partial charge < -0.3 is 10.2 Å². The predicted molar refractivity (Wildman–Crippen MR) is 113 cm³/mol. The Hall–Kier alpha value is -2.09. The maximum atomic E-state index is 12.7. The van der Waals surface area contributed by atoms with Gasteiger partial charge in [-0.3, -0.25) is 4.79 Å². The zero-order valence-corrected chi connectivity index (χ0v) is 18.1. The summed E-state index contributed by atoms with van der Waals surface area (Å²) in [6, 6.07) is 12.0. The van der Waals surface area contributed by atoms with Crippen LogP contribution in [-0.4, -0.2) is 45.8 Å². The highest BCUT2D eigenvalue weighted by molar-refractivity contribution is 7.89. The number of halogens is 1. The fourth-order valence-corrected chi connectivity index (χ4v) is 4.43. The molecule has 0 aromatic heterocycles. The third-order valence-corrected chi connectivity index (χ3v) is 6.81. The predicted octanol–water partition coefficient (Wildman–Crippen LogP) is 3.37. The first-order chi connectivity index (χ1) is 13.2. The van der Waals surface area contributed by atoms with Crippen LogP contribution in [0, 0.1) is 0 Å². The average molecular weight is 424 g/mol. The molecular formula is C20H26ClN3O3S. The molecule has 0 unspecified atom stereocenters. The van der Waals surface area contributed by atoms with E-state index >= 15 is 0 Å². The van der Waals surface area contributed by atoms with Crippen LogP contribution in [0.2, 0.25) is 5.02 Å². The fraction of sp³-hybridized carbons (Fsp3) is 0.350. The maximum Gasteiger partial charge on any atom is 0.253 e. The van der Waals surface area contributed by atoms with Crippen molar-refractivity contribution in [1.29, 1.82) is 0 Å². The molecule has 0 saturated carbocycles. The van der Waals surface area contributed by atoms with Gasteiger partial charge in [-0.15, -0.1) is 0 Å². The zero-order valence-electron chi connectivity index (χ0n) is 16.6. The monoisotopic (exact) mass is 423 g/mol. The van der Waals surface area contributed by atoms with Gasteiger partial charge in [0.2, 0.25) is 10.0 Å². The van der Waals surface area contributed by atoms with Crippen LogP contribution < -0.4 is 10.2 Å². The largest absolute Gasteiger partial charge is 0.378 e. The molecule has 0 radical (unpaired) electrons. The molecule has 2 aromatic carbocycles. The Labute approximate surface area is 172 Å². The van der Waals surface area contributed by atoms with Crippen molar-refractivity contribution >= 4 is 33.2 Å². The van der Waals surface area contributed by atoms with Gasteiger partial charge in [-0.25, -0.2) is 8.42 Å². The molecule has 1 N–H and O–H groups in total. The first kappa shape index (κ1) is 22.2. The number of nitrogens with one attached hydrogen (secondary N) is 1. The summed E-state index contributed by atoms with van der Waals surface area (Å²) in [4.78, 5) is 14.6. The molecule has 0 fully saturated rings. The highest BCUT2D eigenvalue weighted by Crippen LogP contribution is 2.23. The number of carbonyl (C=O) groups is 1. The molecule has 2 aromatic rings. The summed E-state index contributed by atoms with van der Waals surface area (Å²) < 4.78 is 26.7. The Kier molecular flexibility index (Phi) is 7.46. The van der Waals surface area contributed by atoms with Crippen LogP contribution in [-0.2, 0) is 16.6 Å². The quantitative estimate of drug-likeness (QED) is 0.706. The highest BCUT2D eigenvalue weighted by Gasteiger charge is 2.23. The van der Waals surface area contributed by atoms with Crippen LogP contribution >= 0.6 is 11.6 Å². The Morgan fingerprint density at radius 2 is 1.64 bits per heavy atom. The van der Waals surface area contributed by atoms with E-state index in [1.807, 2.05) is 43.3 Å². The molecular weight excluding hydrogens is 398 g/mol. The van der Waals surface area contributed by atoms with E-state index in [0.29, 0.717) is 19.6 Å². The third kappa shape index (κ3) is 5.04.